The molecule has 102 valence electrons. The summed E-state index contributed by atoms with van der Waals surface area (Å²) < 4.78 is 0. The number of hydrogen-bond acceptors (Lipinski definition) is 1. The number of aryl methyl sites for hydroxylation is 1. The van der Waals surface area contributed by atoms with Crippen LogP contribution in [0.5, 0.6) is 0 Å². The van der Waals surface area contributed by atoms with Gasteiger partial charge in [-0.1, -0.05) is 65.3 Å². The van der Waals surface area contributed by atoms with Gasteiger partial charge in [-0.3, -0.25) is 0 Å². The highest BCUT2D eigenvalue weighted by atomic mass is 79.9. The lowest BCUT2D eigenvalue weighted by atomic mass is 10.0. The zero-order chi connectivity index (χ0) is 13.9. The Morgan fingerprint density at radius 3 is 2.60 bits per heavy atom. The highest BCUT2D eigenvalue weighted by Gasteiger charge is 2.12. The van der Waals surface area contributed by atoms with Gasteiger partial charge in [-0.15, -0.1) is 11.3 Å². The van der Waals surface area contributed by atoms with E-state index in [2.05, 4.69) is 77.5 Å². The number of halogens is 1. The molecule has 2 aromatic carbocycles. The van der Waals surface area contributed by atoms with Crippen LogP contribution in [-0.4, -0.2) is 0 Å². The number of rotatable bonds is 4. The molecule has 0 saturated carbocycles. The topological polar surface area (TPSA) is 0 Å². The van der Waals surface area contributed by atoms with E-state index in [1.165, 1.54) is 26.1 Å². The zero-order valence-electron chi connectivity index (χ0n) is 11.5. The van der Waals surface area contributed by atoms with Gasteiger partial charge in [0.25, 0.3) is 0 Å². The third kappa shape index (κ3) is 2.82. The normalized spacial score (nSPS) is 12.7. The molecule has 0 fully saturated rings. The third-order valence-electron chi connectivity index (χ3n) is 3.62. The van der Waals surface area contributed by atoms with E-state index in [1.54, 1.807) is 0 Å². The molecule has 0 radical (unpaired) electrons. The largest absolute Gasteiger partial charge is 0.144 e. The van der Waals surface area contributed by atoms with Crippen molar-refractivity contribution in [2.24, 2.45) is 0 Å². The summed E-state index contributed by atoms with van der Waals surface area (Å²) in [5.74, 6) is 0. The van der Waals surface area contributed by atoms with E-state index in [0.29, 0.717) is 4.83 Å². The molecule has 3 aromatic rings. The van der Waals surface area contributed by atoms with Crippen LogP contribution in [0.15, 0.2) is 54.6 Å². The van der Waals surface area contributed by atoms with Crippen LogP contribution in [0.4, 0.5) is 0 Å². The van der Waals surface area contributed by atoms with Gasteiger partial charge in [-0.2, -0.15) is 0 Å². The van der Waals surface area contributed by atoms with Gasteiger partial charge in [-0.25, -0.2) is 0 Å². The van der Waals surface area contributed by atoms with E-state index in [-0.39, 0.29) is 0 Å². The molecular formula is C18H17BrS. The fourth-order valence-electron chi connectivity index (χ4n) is 2.52. The SMILES string of the molecule is CCc1ccc(C(Br)Cc2cccc3ccccc23)s1. The maximum Gasteiger partial charge on any atom is 0.0529 e. The summed E-state index contributed by atoms with van der Waals surface area (Å²) in [7, 11) is 0. The average Bonchev–Trinajstić information content (AvgIpc) is 2.97. The minimum Gasteiger partial charge on any atom is -0.144 e. The quantitative estimate of drug-likeness (QED) is 0.498. The van der Waals surface area contributed by atoms with E-state index >= 15 is 0 Å². The second-order valence-electron chi connectivity index (χ2n) is 4.97. The lowest BCUT2D eigenvalue weighted by molar-refractivity contribution is 0.979. The average molecular weight is 345 g/mol. The molecule has 0 saturated heterocycles. The first-order valence-electron chi connectivity index (χ1n) is 6.97. The lowest BCUT2D eigenvalue weighted by Crippen LogP contribution is -1.94. The van der Waals surface area contributed by atoms with Crippen LogP contribution in [0, 0.1) is 0 Å². The Hall–Kier alpha value is -1.12. The molecule has 1 heterocycles. The molecule has 0 spiro atoms. The molecular weight excluding hydrogens is 328 g/mol. The Balaban J connectivity index is 1.89. The van der Waals surface area contributed by atoms with Crippen molar-refractivity contribution in [1.29, 1.82) is 0 Å². The highest BCUT2D eigenvalue weighted by molar-refractivity contribution is 9.09. The number of thiophene rings is 1. The van der Waals surface area contributed by atoms with Crippen LogP contribution in [0.2, 0.25) is 0 Å². The van der Waals surface area contributed by atoms with E-state index in [0.717, 1.165) is 12.8 Å². The first-order valence-corrected chi connectivity index (χ1v) is 8.70. The number of hydrogen-bond donors (Lipinski definition) is 0. The molecule has 0 nitrogen and oxygen atoms in total. The van der Waals surface area contributed by atoms with Crippen LogP contribution >= 0.6 is 27.3 Å². The second kappa shape index (κ2) is 6.11. The Morgan fingerprint density at radius 1 is 1.00 bits per heavy atom. The fraction of sp³-hybridized carbons (Fsp3) is 0.222. The van der Waals surface area contributed by atoms with Gasteiger partial charge in [0, 0.05) is 9.75 Å². The maximum atomic E-state index is 3.86. The van der Waals surface area contributed by atoms with Crippen molar-refractivity contribution in [2.75, 3.05) is 0 Å². The standard InChI is InChI=1S/C18H17BrS/c1-2-15-10-11-18(20-15)17(19)12-14-8-5-7-13-6-3-4-9-16(13)14/h3-11,17H,2,12H2,1H3. The first kappa shape index (κ1) is 13.8. The molecule has 0 aliphatic rings. The summed E-state index contributed by atoms with van der Waals surface area (Å²) in [5, 5.41) is 2.69. The summed E-state index contributed by atoms with van der Waals surface area (Å²) in [4.78, 5) is 3.29. The summed E-state index contributed by atoms with van der Waals surface area (Å²) >= 11 is 5.78. The highest BCUT2D eigenvalue weighted by Crippen LogP contribution is 2.34. The number of fused-ring (bicyclic) bond motifs is 1. The van der Waals surface area contributed by atoms with Crippen molar-refractivity contribution in [3.05, 3.63) is 69.9 Å². The van der Waals surface area contributed by atoms with Gasteiger partial charge in [0.2, 0.25) is 0 Å². The molecule has 0 N–H and O–H groups in total. The predicted octanol–water partition coefficient (Wildman–Crippen LogP) is 6.14. The van der Waals surface area contributed by atoms with Crippen LogP contribution in [0.3, 0.4) is 0 Å². The molecule has 0 amide bonds. The van der Waals surface area contributed by atoms with Gasteiger partial charge >= 0.3 is 0 Å². The Bertz CT molecular complexity index is 709. The lowest BCUT2D eigenvalue weighted by Gasteiger charge is -2.10. The van der Waals surface area contributed by atoms with Gasteiger partial charge in [-0.05, 0) is 41.3 Å². The number of alkyl halides is 1. The molecule has 1 aromatic heterocycles. The Labute approximate surface area is 132 Å². The van der Waals surface area contributed by atoms with Gasteiger partial charge in [0.15, 0.2) is 0 Å². The van der Waals surface area contributed by atoms with Gasteiger partial charge in [0.05, 0.1) is 4.83 Å². The van der Waals surface area contributed by atoms with Gasteiger partial charge < -0.3 is 0 Å². The van der Waals surface area contributed by atoms with Crippen LogP contribution in [0.25, 0.3) is 10.8 Å². The molecule has 0 aliphatic heterocycles. The molecule has 0 aliphatic carbocycles. The van der Waals surface area contributed by atoms with Gasteiger partial charge in [0.1, 0.15) is 0 Å². The predicted molar refractivity (Wildman–Crippen MR) is 93.0 cm³/mol. The molecule has 0 bridgehead atoms. The maximum absolute atomic E-state index is 3.86. The van der Waals surface area contributed by atoms with E-state index < -0.39 is 0 Å². The van der Waals surface area contributed by atoms with E-state index in [1.807, 2.05) is 11.3 Å². The molecule has 2 heteroatoms. The summed E-state index contributed by atoms with van der Waals surface area (Å²) in [6.07, 6.45) is 2.16. The van der Waals surface area contributed by atoms with E-state index in [4.69, 9.17) is 0 Å². The Morgan fingerprint density at radius 2 is 1.80 bits per heavy atom. The summed E-state index contributed by atoms with van der Waals surface area (Å²) in [5.41, 5.74) is 1.41. The monoisotopic (exact) mass is 344 g/mol. The molecule has 20 heavy (non-hydrogen) atoms. The van der Waals surface area contributed by atoms with Crippen molar-refractivity contribution in [2.45, 2.75) is 24.6 Å². The van der Waals surface area contributed by atoms with Crippen LogP contribution in [0.1, 0.15) is 27.1 Å². The Kier molecular flexibility index (Phi) is 4.23. The minimum atomic E-state index is 0.401. The first-order chi connectivity index (χ1) is 9.78. The van der Waals surface area contributed by atoms with Crippen molar-refractivity contribution < 1.29 is 0 Å². The zero-order valence-corrected chi connectivity index (χ0v) is 13.9. The smallest absolute Gasteiger partial charge is 0.0529 e. The fourth-order valence-corrected chi connectivity index (χ4v) is 4.23. The van der Waals surface area contributed by atoms with Crippen molar-refractivity contribution >= 4 is 38.0 Å². The van der Waals surface area contributed by atoms with Crippen LogP contribution in [-0.2, 0) is 12.8 Å². The van der Waals surface area contributed by atoms with Crippen molar-refractivity contribution in [1.82, 2.24) is 0 Å². The third-order valence-corrected chi connectivity index (χ3v) is 6.08. The molecule has 3 rings (SSSR count). The number of benzene rings is 2. The minimum absolute atomic E-state index is 0.401. The van der Waals surface area contributed by atoms with E-state index in [9.17, 15) is 0 Å². The molecule has 1 atom stereocenters. The second-order valence-corrected chi connectivity index (χ2v) is 7.27. The summed E-state index contributed by atoms with van der Waals surface area (Å²) in [6, 6.07) is 19.7. The molecule has 1 unspecified atom stereocenters. The van der Waals surface area contributed by atoms with Crippen LogP contribution < -0.4 is 0 Å². The van der Waals surface area contributed by atoms with Crippen molar-refractivity contribution in [3.8, 4) is 0 Å². The van der Waals surface area contributed by atoms with Crippen molar-refractivity contribution in [3.63, 3.8) is 0 Å². The summed E-state index contributed by atoms with van der Waals surface area (Å²) in [6.45, 7) is 2.21.